The van der Waals surface area contributed by atoms with Crippen LogP contribution in [-0.2, 0) is 31.9 Å². The normalized spacial score (nSPS) is 19.2. The van der Waals surface area contributed by atoms with E-state index in [1.165, 1.54) is 28.4 Å². The zero-order valence-electron chi connectivity index (χ0n) is 27.7. The molecule has 12 heteroatoms. The molecule has 2 fully saturated rings. The number of hydrogen-bond donors (Lipinski definition) is 0. The van der Waals surface area contributed by atoms with E-state index in [9.17, 15) is 19.2 Å². The summed E-state index contributed by atoms with van der Waals surface area (Å²) in [5.74, 6) is -1.64. The Bertz CT molecular complexity index is 1330. The molecule has 0 spiro atoms. The highest BCUT2D eigenvalue weighted by Gasteiger charge is 2.49. The molecule has 4 atom stereocenters. The minimum atomic E-state index is -1.09. The van der Waals surface area contributed by atoms with E-state index in [0.717, 1.165) is 9.80 Å². The largest absolute Gasteiger partial charge is 0.493 e. The Balaban J connectivity index is 1.88. The Morgan fingerprint density at radius 1 is 0.652 bits per heavy atom. The molecule has 0 unspecified atom stereocenters. The van der Waals surface area contributed by atoms with Crippen LogP contribution in [0.2, 0.25) is 0 Å². The number of carbonyl (C=O) groups excluding carboxylic acids is 4. The highest BCUT2D eigenvalue weighted by Crippen LogP contribution is 2.36. The molecule has 2 aromatic rings. The van der Waals surface area contributed by atoms with Gasteiger partial charge in [0, 0.05) is 0 Å². The predicted octanol–water partition coefficient (Wildman–Crippen LogP) is 4.75. The van der Waals surface area contributed by atoms with E-state index in [0.29, 0.717) is 34.1 Å². The first-order valence-electron chi connectivity index (χ1n) is 15.4. The number of benzene rings is 2. The van der Waals surface area contributed by atoms with Crippen molar-refractivity contribution in [1.82, 2.24) is 9.80 Å². The number of imide groups is 2. The first-order valence-corrected chi connectivity index (χ1v) is 15.4. The van der Waals surface area contributed by atoms with E-state index in [1.807, 2.05) is 27.7 Å². The molecule has 2 heterocycles. The Hall–Kier alpha value is -4.48. The van der Waals surface area contributed by atoms with Crippen LogP contribution in [0, 0.1) is 23.7 Å². The van der Waals surface area contributed by atoms with Crippen molar-refractivity contribution < 1.29 is 47.6 Å². The van der Waals surface area contributed by atoms with Gasteiger partial charge in [-0.3, -0.25) is 9.59 Å². The maximum absolute atomic E-state index is 14.7. The predicted molar refractivity (Wildman–Crippen MR) is 167 cm³/mol. The zero-order valence-corrected chi connectivity index (χ0v) is 27.7. The van der Waals surface area contributed by atoms with E-state index >= 15 is 0 Å². The number of methoxy groups -OCH3 is 4. The van der Waals surface area contributed by atoms with E-state index in [4.69, 9.17) is 28.4 Å². The van der Waals surface area contributed by atoms with Crippen molar-refractivity contribution in [1.29, 1.82) is 0 Å². The summed E-state index contributed by atoms with van der Waals surface area (Å²) in [4.78, 5) is 57.7. The molecule has 2 saturated heterocycles. The first kappa shape index (κ1) is 34.4. The number of rotatable bonds is 13. The molecule has 4 amide bonds. The molecule has 2 aromatic carbocycles. The third kappa shape index (κ3) is 7.00. The summed E-state index contributed by atoms with van der Waals surface area (Å²) >= 11 is 0. The van der Waals surface area contributed by atoms with Crippen LogP contribution >= 0.6 is 0 Å². The fourth-order valence-electron chi connectivity index (χ4n) is 6.04. The quantitative estimate of drug-likeness (QED) is 0.303. The average Bonchev–Trinajstić information content (AvgIpc) is 3.64. The van der Waals surface area contributed by atoms with Crippen molar-refractivity contribution in [2.45, 2.75) is 52.6 Å². The van der Waals surface area contributed by atoms with Crippen molar-refractivity contribution in [3.05, 3.63) is 47.5 Å². The molecule has 0 radical (unpaired) electrons. The van der Waals surface area contributed by atoms with Crippen LogP contribution in [0.5, 0.6) is 23.0 Å². The van der Waals surface area contributed by atoms with Crippen LogP contribution in [0.15, 0.2) is 36.4 Å². The summed E-state index contributed by atoms with van der Waals surface area (Å²) in [6.07, 6.45) is -1.43. The monoisotopic (exact) mass is 640 g/mol. The summed E-state index contributed by atoms with van der Waals surface area (Å²) < 4.78 is 32.5. The van der Waals surface area contributed by atoms with Gasteiger partial charge in [-0.1, -0.05) is 39.8 Å². The van der Waals surface area contributed by atoms with Crippen LogP contribution in [-0.4, -0.2) is 87.5 Å². The van der Waals surface area contributed by atoms with Gasteiger partial charge in [-0.05, 0) is 60.1 Å². The van der Waals surface area contributed by atoms with Crippen LogP contribution in [0.25, 0.3) is 0 Å². The van der Waals surface area contributed by atoms with Crippen molar-refractivity contribution in [3.63, 3.8) is 0 Å². The minimum Gasteiger partial charge on any atom is -0.493 e. The molecule has 0 aliphatic carbocycles. The lowest BCUT2D eigenvalue weighted by molar-refractivity contribution is -0.145. The van der Waals surface area contributed by atoms with Gasteiger partial charge in [0.15, 0.2) is 23.0 Å². The number of ether oxygens (including phenoxy) is 6. The summed E-state index contributed by atoms with van der Waals surface area (Å²) in [6, 6.07) is 9.42. The summed E-state index contributed by atoms with van der Waals surface area (Å²) in [6.45, 7) is 7.69. The van der Waals surface area contributed by atoms with Crippen molar-refractivity contribution in [2.75, 3.05) is 41.7 Å². The topological polar surface area (TPSA) is 130 Å². The van der Waals surface area contributed by atoms with Gasteiger partial charge in [-0.15, -0.1) is 0 Å². The highest BCUT2D eigenvalue weighted by atomic mass is 16.6. The SMILES string of the molecule is COc1ccc(C[C@H](C(=O)N2C(=O)OC[C@@H]2C(C)C)[C@@H](Cc2ccc(OC)c(OC)c2)C(=O)N2C(=O)OC[C@@H]2C(C)C)cc1OC. The van der Waals surface area contributed by atoms with E-state index in [-0.39, 0.29) is 37.9 Å². The van der Waals surface area contributed by atoms with Crippen LogP contribution in [0.3, 0.4) is 0 Å². The maximum atomic E-state index is 14.7. The Kier molecular flexibility index (Phi) is 11.0. The molecule has 2 aliphatic rings. The second-order valence-corrected chi connectivity index (χ2v) is 12.2. The number of nitrogens with zero attached hydrogens (tertiary/aromatic N) is 2. The summed E-state index contributed by atoms with van der Waals surface area (Å²) in [7, 11) is 6.05. The van der Waals surface area contributed by atoms with Gasteiger partial charge in [-0.2, -0.15) is 0 Å². The van der Waals surface area contributed by atoms with Gasteiger partial charge in [0.1, 0.15) is 13.2 Å². The third-order valence-corrected chi connectivity index (χ3v) is 8.75. The Morgan fingerprint density at radius 3 is 1.30 bits per heavy atom. The molecule has 46 heavy (non-hydrogen) atoms. The molecule has 0 bridgehead atoms. The summed E-state index contributed by atoms with van der Waals surface area (Å²) in [5.41, 5.74) is 1.33. The van der Waals surface area contributed by atoms with Gasteiger partial charge >= 0.3 is 12.2 Å². The fourth-order valence-corrected chi connectivity index (χ4v) is 6.04. The number of carbonyl (C=O) groups is 4. The number of cyclic esters (lactones) is 2. The molecule has 0 N–H and O–H groups in total. The van der Waals surface area contributed by atoms with Crippen molar-refractivity contribution in [2.24, 2.45) is 23.7 Å². The standard InChI is InChI=1S/C34H44N2O10/c1-19(2)25-17-45-33(39)35(25)31(37)23(13-21-9-11-27(41-5)29(15-21)43-7)24(14-22-10-12-28(42-6)30(16-22)44-8)32(38)36-26(20(3)4)18-46-34(36)40/h9-12,15-16,19-20,23-26H,13-14,17-18H2,1-8H3/t23-,24+,25-,26-/m1/s1. The second kappa shape index (κ2) is 14.7. The van der Waals surface area contributed by atoms with Gasteiger partial charge in [0.25, 0.3) is 0 Å². The van der Waals surface area contributed by atoms with Crippen LogP contribution in [0.1, 0.15) is 38.8 Å². The van der Waals surface area contributed by atoms with Crippen molar-refractivity contribution in [3.8, 4) is 23.0 Å². The Labute approximate surface area is 269 Å². The number of amides is 4. The molecule has 2 aliphatic heterocycles. The Morgan fingerprint density at radius 2 is 1.00 bits per heavy atom. The molecular weight excluding hydrogens is 596 g/mol. The van der Waals surface area contributed by atoms with Gasteiger partial charge < -0.3 is 28.4 Å². The zero-order chi connectivity index (χ0) is 33.7. The van der Waals surface area contributed by atoms with E-state index < -0.39 is 47.9 Å². The van der Waals surface area contributed by atoms with E-state index in [1.54, 1.807) is 36.4 Å². The maximum Gasteiger partial charge on any atom is 0.416 e. The average molecular weight is 641 g/mol. The smallest absolute Gasteiger partial charge is 0.416 e. The molecule has 250 valence electrons. The third-order valence-electron chi connectivity index (χ3n) is 8.75. The highest BCUT2D eigenvalue weighted by molar-refractivity contribution is 6.00. The lowest BCUT2D eigenvalue weighted by atomic mass is 9.80. The first-order chi connectivity index (χ1) is 21.9. The van der Waals surface area contributed by atoms with Gasteiger partial charge in [-0.25, -0.2) is 19.4 Å². The van der Waals surface area contributed by atoms with E-state index in [2.05, 4.69) is 0 Å². The summed E-state index contributed by atoms with van der Waals surface area (Å²) in [5, 5.41) is 0. The minimum absolute atomic E-state index is 0.0483. The lowest BCUT2D eigenvalue weighted by Gasteiger charge is -2.34. The van der Waals surface area contributed by atoms with Gasteiger partial charge in [0.05, 0.1) is 52.4 Å². The second-order valence-electron chi connectivity index (χ2n) is 12.2. The lowest BCUT2D eigenvalue weighted by Crippen LogP contribution is -2.52. The van der Waals surface area contributed by atoms with Crippen molar-refractivity contribution >= 4 is 24.0 Å². The fraction of sp³-hybridized carbons (Fsp3) is 0.529. The van der Waals surface area contributed by atoms with Crippen LogP contribution in [0.4, 0.5) is 9.59 Å². The number of hydrogen-bond acceptors (Lipinski definition) is 10. The molecule has 0 aromatic heterocycles. The molecule has 0 saturated carbocycles. The van der Waals surface area contributed by atoms with Crippen LogP contribution < -0.4 is 18.9 Å². The molecule has 12 nitrogen and oxygen atoms in total. The molecule has 4 rings (SSSR count). The van der Waals surface area contributed by atoms with Gasteiger partial charge in [0.2, 0.25) is 11.8 Å². The molecular formula is C34H44N2O10.